The van der Waals surface area contributed by atoms with Gasteiger partial charge in [-0.15, -0.1) is 11.3 Å². The second kappa shape index (κ2) is 6.18. The van der Waals surface area contributed by atoms with Crippen molar-refractivity contribution in [2.75, 3.05) is 13.1 Å². The smallest absolute Gasteiger partial charge is 0.0332 e. The van der Waals surface area contributed by atoms with Crippen molar-refractivity contribution in [2.24, 2.45) is 0 Å². The van der Waals surface area contributed by atoms with Crippen molar-refractivity contribution in [2.45, 2.75) is 59.2 Å². The molecular weight excluding hydrogens is 240 g/mol. The Kier molecular flexibility index (Phi) is 4.82. The maximum absolute atomic E-state index is 3.66. The summed E-state index contributed by atoms with van der Waals surface area (Å²) in [6.45, 7) is 12.5. The predicted molar refractivity (Wildman–Crippen MR) is 80.4 cm³/mol. The van der Waals surface area contributed by atoms with E-state index < -0.39 is 0 Å². The van der Waals surface area contributed by atoms with Crippen LogP contribution in [0.1, 0.15) is 42.0 Å². The summed E-state index contributed by atoms with van der Waals surface area (Å²) in [4.78, 5) is 5.68. The Morgan fingerprint density at radius 2 is 2.11 bits per heavy atom. The van der Waals surface area contributed by atoms with Gasteiger partial charge in [-0.25, -0.2) is 0 Å². The second-order valence-corrected chi connectivity index (χ2v) is 6.80. The van der Waals surface area contributed by atoms with Crippen LogP contribution < -0.4 is 5.32 Å². The van der Waals surface area contributed by atoms with Gasteiger partial charge in [0.05, 0.1) is 0 Å². The normalized spacial score (nSPS) is 25.6. The van der Waals surface area contributed by atoms with Gasteiger partial charge >= 0.3 is 0 Å². The summed E-state index contributed by atoms with van der Waals surface area (Å²) in [5.74, 6) is 0. The zero-order valence-corrected chi connectivity index (χ0v) is 12.9. The van der Waals surface area contributed by atoms with Gasteiger partial charge in [0, 0.05) is 41.5 Å². The molecule has 2 heterocycles. The van der Waals surface area contributed by atoms with Crippen molar-refractivity contribution < 1.29 is 0 Å². The van der Waals surface area contributed by atoms with Crippen molar-refractivity contribution in [3.05, 3.63) is 21.4 Å². The number of nitrogens with one attached hydrogen (secondary N) is 1. The number of aryl methyl sites for hydroxylation is 2. The highest BCUT2D eigenvalue weighted by atomic mass is 32.1. The van der Waals surface area contributed by atoms with Gasteiger partial charge in [-0.2, -0.15) is 0 Å². The standard InChI is InChI=1S/C15H26N2S/c1-5-13-9-17(14(6-2)8-16-13)10-15-7-11(3)12(4)18-15/h7,13-14,16H,5-6,8-10H2,1-4H3. The SMILES string of the molecule is CCC1CN(Cc2cc(C)c(C)s2)C(CC)CN1. The Labute approximate surface area is 115 Å². The molecule has 1 N–H and O–H groups in total. The third kappa shape index (κ3) is 3.14. The lowest BCUT2D eigenvalue weighted by Crippen LogP contribution is -2.55. The molecule has 0 saturated carbocycles. The van der Waals surface area contributed by atoms with E-state index in [4.69, 9.17) is 0 Å². The Morgan fingerprint density at radius 3 is 2.67 bits per heavy atom. The Morgan fingerprint density at radius 1 is 1.33 bits per heavy atom. The topological polar surface area (TPSA) is 15.3 Å². The van der Waals surface area contributed by atoms with Crippen LogP contribution in [0.25, 0.3) is 0 Å². The largest absolute Gasteiger partial charge is 0.311 e. The first-order chi connectivity index (χ1) is 8.63. The average Bonchev–Trinajstić information content (AvgIpc) is 2.68. The van der Waals surface area contributed by atoms with Crippen LogP contribution >= 0.6 is 11.3 Å². The first-order valence-corrected chi connectivity index (χ1v) is 7.99. The van der Waals surface area contributed by atoms with E-state index in [1.807, 2.05) is 11.3 Å². The fourth-order valence-electron chi connectivity index (χ4n) is 2.73. The lowest BCUT2D eigenvalue weighted by atomic mass is 10.1. The van der Waals surface area contributed by atoms with Gasteiger partial charge in [-0.1, -0.05) is 13.8 Å². The number of piperazine rings is 1. The summed E-state index contributed by atoms with van der Waals surface area (Å²) in [7, 11) is 0. The van der Waals surface area contributed by atoms with Gasteiger partial charge in [0.25, 0.3) is 0 Å². The van der Waals surface area contributed by atoms with Crippen molar-refractivity contribution in [1.29, 1.82) is 0 Å². The molecule has 0 bridgehead atoms. The summed E-state index contributed by atoms with van der Waals surface area (Å²) in [6, 6.07) is 3.75. The van der Waals surface area contributed by atoms with Crippen LogP contribution in [-0.4, -0.2) is 30.1 Å². The zero-order chi connectivity index (χ0) is 13.1. The molecule has 0 aliphatic carbocycles. The van der Waals surface area contributed by atoms with Crippen LogP contribution in [0.15, 0.2) is 6.07 Å². The first kappa shape index (κ1) is 14.0. The van der Waals surface area contributed by atoms with E-state index in [-0.39, 0.29) is 0 Å². The van der Waals surface area contributed by atoms with Crippen LogP contribution in [-0.2, 0) is 6.54 Å². The molecule has 0 spiro atoms. The average molecular weight is 266 g/mol. The molecule has 0 aromatic carbocycles. The number of thiophene rings is 1. The fraction of sp³-hybridized carbons (Fsp3) is 0.733. The highest BCUT2D eigenvalue weighted by Gasteiger charge is 2.26. The zero-order valence-electron chi connectivity index (χ0n) is 12.1. The maximum Gasteiger partial charge on any atom is 0.0332 e. The monoisotopic (exact) mass is 266 g/mol. The van der Waals surface area contributed by atoms with Gasteiger partial charge in [-0.05, 0) is 38.3 Å². The predicted octanol–water partition coefficient (Wildman–Crippen LogP) is 3.33. The van der Waals surface area contributed by atoms with E-state index in [1.165, 1.54) is 34.7 Å². The molecule has 2 rings (SSSR count). The molecule has 2 unspecified atom stereocenters. The quantitative estimate of drug-likeness (QED) is 0.899. The molecule has 0 radical (unpaired) electrons. The van der Waals surface area contributed by atoms with Crippen LogP contribution in [0.3, 0.4) is 0 Å². The number of hydrogen-bond acceptors (Lipinski definition) is 3. The summed E-state index contributed by atoms with van der Waals surface area (Å²) < 4.78 is 0. The van der Waals surface area contributed by atoms with E-state index in [2.05, 4.69) is 44.0 Å². The van der Waals surface area contributed by atoms with Gasteiger partial charge in [0.1, 0.15) is 0 Å². The van der Waals surface area contributed by atoms with E-state index in [0.29, 0.717) is 12.1 Å². The van der Waals surface area contributed by atoms with Crippen LogP contribution in [0, 0.1) is 13.8 Å². The molecular formula is C15H26N2S. The highest BCUT2D eigenvalue weighted by Crippen LogP contribution is 2.24. The number of rotatable bonds is 4. The molecule has 1 aliphatic heterocycles. The lowest BCUT2D eigenvalue weighted by molar-refractivity contribution is 0.118. The Balaban J connectivity index is 2.04. The van der Waals surface area contributed by atoms with Crippen LogP contribution in [0.2, 0.25) is 0 Å². The van der Waals surface area contributed by atoms with Crippen molar-refractivity contribution in [1.82, 2.24) is 10.2 Å². The molecule has 1 fully saturated rings. The van der Waals surface area contributed by atoms with Crippen molar-refractivity contribution in [3.63, 3.8) is 0 Å². The second-order valence-electron chi connectivity index (χ2n) is 5.46. The highest BCUT2D eigenvalue weighted by molar-refractivity contribution is 7.12. The Bertz CT molecular complexity index is 366. The van der Waals surface area contributed by atoms with Gasteiger partial charge in [0.15, 0.2) is 0 Å². The van der Waals surface area contributed by atoms with E-state index in [1.54, 1.807) is 0 Å². The minimum absolute atomic E-state index is 0.676. The molecule has 1 aromatic heterocycles. The lowest BCUT2D eigenvalue weighted by Gasteiger charge is -2.39. The number of nitrogens with zero attached hydrogens (tertiary/aromatic N) is 1. The molecule has 0 amide bonds. The summed E-state index contributed by atoms with van der Waals surface area (Å²) >= 11 is 1.97. The molecule has 1 aliphatic rings. The van der Waals surface area contributed by atoms with Gasteiger partial charge in [0.2, 0.25) is 0 Å². The minimum atomic E-state index is 0.676. The molecule has 1 saturated heterocycles. The van der Waals surface area contributed by atoms with E-state index in [9.17, 15) is 0 Å². The molecule has 3 heteroatoms. The minimum Gasteiger partial charge on any atom is -0.311 e. The first-order valence-electron chi connectivity index (χ1n) is 7.17. The fourth-order valence-corrected chi connectivity index (χ4v) is 3.81. The van der Waals surface area contributed by atoms with E-state index >= 15 is 0 Å². The molecule has 1 aromatic rings. The summed E-state index contributed by atoms with van der Waals surface area (Å²) in [6.07, 6.45) is 2.47. The van der Waals surface area contributed by atoms with Crippen LogP contribution in [0.5, 0.6) is 0 Å². The molecule has 2 atom stereocenters. The van der Waals surface area contributed by atoms with Gasteiger partial charge in [-0.3, -0.25) is 4.90 Å². The third-order valence-electron chi connectivity index (χ3n) is 4.15. The molecule has 2 nitrogen and oxygen atoms in total. The Hall–Kier alpha value is -0.380. The molecule has 102 valence electrons. The summed E-state index contributed by atoms with van der Waals surface area (Å²) in [5, 5.41) is 3.66. The van der Waals surface area contributed by atoms with Crippen molar-refractivity contribution in [3.8, 4) is 0 Å². The number of hydrogen-bond donors (Lipinski definition) is 1. The molecule has 18 heavy (non-hydrogen) atoms. The van der Waals surface area contributed by atoms with Crippen LogP contribution in [0.4, 0.5) is 0 Å². The van der Waals surface area contributed by atoms with Gasteiger partial charge < -0.3 is 5.32 Å². The third-order valence-corrected chi connectivity index (χ3v) is 5.29. The maximum atomic E-state index is 3.66. The van der Waals surface area contributed by atoms with Crippen molar-refractivity contribution >= 4 is 11.3 Å². The van der Waals surface area contributed by atoms with E-state index in [0.717, 1.165) is 13.1 Å². The summed E-state index contributed by atoms with van der Waals surface area (Å²) in [5.41, 5.74) is 1.45.